The molecule has 0 amide bonds. The molecule has 0 aliphatic rings. The Hall–Kier alpha value is -1.54. The molecule has 3 nitrogen and oxygen atoms in total. The van der Waals surface area contributed by atoms with E-state index in [0.717, 1.165) is 0 Å². The van der Waals surface area contributed by atoms with Gasteiger partial charge in [-0.25, -0.2) is 0 Å². The molecule has 9 heteroatoms. The minimum atomic E-state index is -5.06. The quantitative estimate of drug-likeness (QED) is 0.618. The Morgan fingerprint density at radius 2 is 1.82 bits per heavy atom. The number of carbonyl (C=O) groups excluding carboxylic acids is 1. The fourth-order valence-corrected chi connectivity index (χ4v) is 1.01. The zero-order valence-electron chi connectivity index (χ0n) is 8.14. The number of hydrogen-bond donors (Lipinski definition) is 0. The number of halogens is 6. The lowest BCUT2D eigenvalue weighted by atomic mass is 10.2. The van der Waals surface area contributed by atoms with Gasteiger partial charge in [-0.05, 0) is 0 Å². The summed E-state index contributed by atoms with van der Waals surface area (Å²) in [5.74, 6) is -2.13. The Labute approximate surface area is 91.0 Å². The summed E-state index contributed by atoms with van der Waals surface area (Å²) < 4.78 is 71.9. The van der Waals surface area contributed by atoms with Crippen molar-refractivity contribution in [3.05, 3.63) is 18.0 Å². The first-order chi connectivity index (χ1) is 7.59. The Bertz CT molecular complexity index is 405. The van der Waals surface area contributed by atoms with E-state index in [1.165, 1.54) is 0 Å². The van der Waals surface area contributed by atoms with Gasteiger partial charge in [0.2, 0.25) is 0 Å². The van der Waals surface area contributed by atoms with Crippen LogP contribution in [-0.4, -0.2) is 27.9 Å². The smallest absolute Gasteiger partial charge is 0.284 e. The summed E-state index contributed by atoms with van der Waals surface area (Å²) in [6.07, 6.45) is -9.49. The Balaban J connectivity index is 2.69. The van der Waals surface area contributed by atoms with E-state index in [9.17, 15) is 31.1 Å². The molecule has 0 atom stereocenters. The number of Topliss-reactive ketones (excluding diaryl/α,β-unsaturated/α-hetero) is 1. The van der Waals surface area contributed by atoms with Crippen LogP contribution >= 0.6 is 0 Å². The van der Waals surface area contributed by atoms with Crippen LogP contribution in [0.3, 0.4) is 0 Å². The van der Waals surface area contributed by atoms with Crippen molar-refractivity contribution >= 4 is 5.78 Å². The number of ketones is 1. The van der Waals surface area contributed by atoms with Crippen molar-refractivity contribution in [1.29, 1.82) is 0 Å². The van der Waals surface area contributed by atoms with Gasteiger partial charge in [0.1, 0.15) is 0 Å². The van der Waals surface area contributed by atoms with Crippen molar-refractivity contribution < 1.29 is 31.1 Å². The molecule has 0 radical (unpaired) electrons. The van der Waals surface area contributed by atoms with Crippen LogP contribution in [0.15, 0.2) is 12.4 Å². The molecule has 0 aliphatic carbocycles. The van der Waals surface area contributed by atoms with Crippen LogP contribution in [0.4, 0.5) is 26.3 Å². The standard InChI is InChI=1S/C8H6F6N2O/c9-7(10,11)1-2-16-4-5(3-15-16)6(17)8(12,13)14/h3-4H,1-2H2. The maximum atomic E-state index is 12.0. The minimum Gasteiger partial charge on any atom is -0.284 e. The van der Waals surface area contributed by atoms with Gasteiger partial charge in [0, 0.05) is 12.7 Å². The van der Waals surface area contributed by atoms with Crippen molar-refractivity contribution in [3.63, 3.8) is 0 Å². The third kappa shape index (κ3) is 4.08. The fourth-order valence-electron chi connectivity index (χ4n) is 1.01. The summed E-state index contributed by atoms with van der Waals surface area (Å²) in [7, 11) is 0. The number of rotatable bonds is 3. The first kappa shape index (κ1) is 13.5. The van der Waals surface area contributed by atoms with Crippen molar-refractivity contribution in [3.8, 4) is 0 Å². The van der Waals surface area contributed by atoms with Crippen LogP contribution in [0, 0.1) is 0 Å². The second kappa shape index (κ2) is 4.38. The van der Waals surface area contributed by atoms with Gasteiger partial charge in [0.15, 0.2) is 0 Å². The molecule has 1 heterocycles. The molecule has 0 bridgehead atoms. The normalized spacial score (nSPS) is 12.8. The van der Waals surface area contributed by atoms with Gasteiger partial charge in [-0.15, -0.1) is 0 Å². The molecular formula is C8H6F6N2O. The molecule has 0 fully saturated rings. The fraction of sp³-hybridized carbons (Fsp3) is 0.500. The molecule has 0 N–H and O–H groups in total. The molecule has 0 unspecified atom stereocenters. The summed E-state index contributed by atoms with van der Waals surface area (Å²) in [6, 6.07) is 0. The van der Waals surface area contributed by atoms with E-state index in [-0.39, 0.29) is 0 Å². The van der Waals surface area contributed by atoms with Crippen molar-refractivity contribution in [2.45, 2.75) is 25.3 Å². The van der Waals surface area contributed by atoms with E-state index < -0.39 is 36.7 Å². The van der Waals surface area contributed by atoms with Crippen LogP contribution in [0.2, 0.25) is 0 Å². The van der Waals surface area contributed by atoms with Crippen molar-refractivity contribution in [1.82, 2.24) is 9.78 Å². The molecular weight excluding hydrogens is 254 g/mol. The van der Waals surface area contributed by atoms with E-state index >= 15 is 0 Å². The lowest BCUT2D eigenvalue weighted by Crippen LogP contribution is -2.22. The van der Waals surface area contributed by atoms with Crippen LogP contribution in [-0.2, 0) is 6.54 Å². The van der Waals surface area contributed by atoms with Crippen LogP contribution < -0.4 is 0 Å². The third-order valence-corrected chi connectivity index (χ3v) is 1.78. The highest BCUT2D eigenvalue weighted by atomic mass is 19.4. The largest absolute Gasteiger partial charge is 0.454 e. The van der Waals surface area contributed by atoms with Crippen LogP contribution in [0.5, 0.6) is 0 Å². The monoisotopic (exact) mass is 260 g/mol. The summed E-state index contributed by atoms with van der Waals surface area (Å²) in [5, 5.41) is 3.25. The highest BCUT2D eigenvalue weighted by Gasteiger charge is 2.40. The topological polar surface area (TPSA) is 34.9 Å². The van der Waals surface area contributed by atoms with Gasteiger partial charge < -0.3 is 0 Å². The van der Waals surface area contributed by atoms with E-state index in [4.69, 9.17) is 0 Å². The molecule has 0 aromatic carbocycles. The summed E-state index contributed by atoms with van der Waals surface area (Å²) >= 11 is 0. The zero-order valence-corrected chi connectivity index (χ0v) is 8.14. The molecule has 0 aliphatic heterocycles. The van der Waals surface area contributed by atoms with E-state index in [1.54, 1.807) is 0 Å². The molecule has 96 valence electrons. The Morgan fingerprint density at radius 3 is 2.29 bits per heavy atom. The maximum Gasteiger partial charge on any atom is 0.454 e. The molecule has 0 saturated carbocycles. The summed E-state index contributed by atoms with van der Waals surface area (Å²) in [5.41, 5.74) is -0.778. The molecule has 1 aromatic rings. The molecule has 17 heavy (non-hydrogen) atoms. The second-order valence-corrected chi connectivity index (χ2v) is 3.18. The van der Waals surface area contributed by atoms with Gasteiger partial charge in [-0.2, -0.15) is 31.4 Å². The summed E-state index contributed by atoms with van der Waals surface area (Å²) in [4.78, 5) is 10.7. The molecule has 1 rings (SSSR count). The third-order valence-electron chi connectivity index (χ3n) is 1.78. The number of carbonyl (C=O) groups is 1. The zero-order chi connectivity index (χ0) is 13.3. The van der Waals surface area contributed by atoms with Gasteiger partial charge in [-0.3, -0.25) is 9.48 Å². The lowest BCUT2D eigenvalue weighted by Gasteiger charge is -2.05. The first-order valence-corrected chi connectivity index (χ1v) is 4.30. The summed E-state index contributed by atoms with van der Waals surface area (Å²) in [6.45, 7) is -0.630. The van der Waals surface area contributed by atoms with Crippen LogP contribution in [0.1, 0.15) is 16.8 Å². The Morgan fingerprint density at radius 1 is 1.24 bits per heavy atom. The number of aromatic nitrogens is 2. The lowest BCUT2D eigenvalue weighted by molar-refractivity contribution is -0.137. The number of hydrogen-bond acceptors (Lipinski definition) is 2. The van der Waals surface area contributed by atoms with Gasteiger partial charge in [0.25, 0.3) is 5.78 Å². The van der Waals surface area contributed by atoms with Crippen molar-refractivity contribution in [2.24, 2.45) is 0 Å². The van der Waals surface area contributed by atoms with Crippen LogP contribution in [0.25, 0.3) is 0 Å². The van der Waals surface area contributed by atoms with E-state index in [2.05, 4.69) is 5.10 Å². The van der Waals surface area contributed by atoms with E-state index in [0.29, 0.717) is 17.1 Å². The number of aryl methyl sites for hydroxylation is 1. The minimum absolute atomic E-state index is 0.589. The first-order valence-electron chi connectivity index (χ1n) is 4.30. The molecule has 0 spiro atoms. The molecule has 0 saturated heterocycles. The Kier molecular flexibility index (Phi) is 3.48. The highest BCUT2D eigenvalue weighted by molar-refractivity contribution is 5.99. The maximum absolute atomic E-state index is 12.0. The van der Waals surface area contributed by atoms with Gasteiger partial charge in [-0.1, -0.05) is 0 Å². The number of alkyl halides is 6. The highest BCUT2D eigenvalue weighted by Crippen LogP contribution is 2.22. The second-order valence-electron chi connectivity index (χ2n) is 3.18. The predicted molar refractivity (Wildman–Crippen MR) is 43.3 cm³/mol. The van der Waals surface area contributed by atoms with Crippen molar-refractivity contribution in [2.75, 3.05) is 0 Å². The predicted octanol–water partition coefficient (Wildman–Crippen LogP) is 2.58. The average Bonchev–Trinajstić information content (AvgIpc) is 2.59. The van der Waals surface area contributed by atoms with Gasteiger partial charge in [0.05, 0.1) is 18.2 Å². The van der Waals surface area contributed by atoms with E-state index in [1.807, 2.05) is 0 Å². The molecule has 1 aromatic heterocycles. The van der Waals surface area contributed by atoms with Gasteiger partial charge >= 0.3 is 12.4 Å². The SMILES string of the molecule is O=C(c1cnn(CCC(F)(F)F)c1)C(F)(F)F. The average molecular weight is 260 g/mol. The number of nitrogens with zero attached hydrogens (tertiary/aromatic N) is 2.